The largest absolute Gasteiger partial charge is 0.320 e. The summed E-state index contributed by atoms with van der Waals surface area (Å²) in [5.41, 5.74) is 6.20. The van der Waals surface area contributed by atoms with Crippen LogP contribution < -0.4 is 19.6 Å². The maximum atomic E-state index is 10.0. The molecule has 4 fully saturated rings. The molecule has 8 rings (SSSR count). The molecule has 2 aliphatic heterocycles. The molecule has 0 bridgehead atoms. The lowest BCUT2D eigenvalue weighted by molar-refractivity contribution is 0.409. The number of rotatable bonds is 4. The van der Waals surface area contributed by atoms with Crippen LogP contribution in [0.2, 0.25) is 0 Å². The average Bonchev–Trinajstić information content (AvgIpc) is 3.71. The highest BCUT2D eigenvalue weighted by molar-refractivity contribution is 5.77. The number of fused-ring (bicyclic) bond motifs is 2. The lowest BCUT2D eigenvalue weighted by Gasteiger charge is -2.36. The molecule has 2 saturated carbocycles. The minimum atomic E-state index is 0.119. The molecule has 244 valence electrons. The van der Waals surface area contributed by atoms with Crippen LogP contribution in [0.3, 0.4) is 0 Å². The van der Waals surface area contributed by atoms with Gasteiger partial charge in [-0.3, -0.25) is 0 Å². The highest BCUT2D eigenvalue weighted by Crippen LogP contribution is 2.51. The third kappa shape index (κ3) is 5.18. The van der Waals surface area contributed by atoms with E-state index < -0.39 is 0 Å². The molecule has 4 unspecified atom stereocenters. The Bertz CT molecular complexity index is 1860. The second-order valence-corrected chi connectivity index (χ2v) is 13.6. The quantitative estimate of drug-likeness (QED) is 0.217. The molecule has 8 nitrogen and oxygen atoms in total. The minimum absolute atomic E-state index is 0.119. The van der Waals surface area contributed by atoms with Crippen LogP contribution in [-0.4, -0.2) is 24.2 Å². The Labute approximate surface area is 293 Å². The Morgan fingerprint density at radius 2 is 0.620 bits per heavy atom. The van der Waals surface area contributed by atoms with Crippen LogP contribution >= 0.6 is 0 Å². The summed E-state index contributed by atoms with van der Waals surface area (Å²) < 4.78 is 0. The van der Waals surface area contributed by atoms with Gasteiger partial charge in [-0.05, 0) is 98.5 Å². The van der Waals surface area contributed by atoms with E-state index in [0.29, 0.717) is 22.3 Å². The van der Waals surface area contributed by atoms with Gasteiger partial charge in [-0.15, -0.1) is 0 Å². The summed E-state index contributed by atoms with van der Waals surface area (Å²) in [6, 6.07) is 41.6. The Morgan fingerprint density at radius 1 is 0.380 bits per heavy atom. The molecule has 0 spiro atoms. The molecule has 4 atom stereocenters. The van der Waals surface area contributed by atoms with Crippen LogP contribution in [0.15, 0.2) is 109 Å². The number of nitrogens with zero attached hydrogens (tertiary/aromatic N) is 8. The van der Waals surface area contributed by atoms with Gasteiger partial charge in [0.2, 0.25) is 0 Å². The summed E-state index contributed by atoms with van der Waals surface area (Å²) in [7, 11) is 0. The van der Waals surface area contributed by atoms with Crippen LogP contribution in [0.1, 0.15) is 73.6 Å². The van der Waals surface area contributed by atoms with E-state index in [4.69, 9.17) is 0 Å². The summed E-state index contributed by atoms with van der Waals surface area (Å²) in [6.45, 7) is 0. The number of hydrogen-bond acceptors (Lipinski definition) is 8. The van der Waals surface area contributed by atoms with Crippen LogP contribution in [-0.2, 0) is 0 Å². The number of hydrogen-bond donors (Lipinski definition) is 0. The number of benzene rings is 4. The van der Waals surface area contributed by atoms with Crippen molar-refractivity contribution >= 4 is 22.7 Å². The van der Waals surface area contributed by atoms with Crippen molar-refractivity contribution in [3.8, 4) is 24.3 Å². The van der Waals surface area contributed by atoms with Gasteiger partial charge in [0.15, 0.2) is 11.6 Å². The van der Waals surface area contributed by atoms with E-state index in [0.717, 1.165) is 85.8 Å². The van der Waals surface area contributed by atoms with E-state index in [1.54, 1.807) is 0 Å². The van der Waals surface area contributed by atoms with Crippen LogP contribution in [0, 0.1) is 45.3 Å². The third-order valence-corrected chi connectivity index (χ3v) is 10.8. The van der Waals surface area contributed by atoms with Gasteiger partial charge in [0, 0.05) is 22.7 Å². The van der Waals surface area contributed by atoms with Crippen molar-refractivity contribution in [1.29, 1.82) is 21.0 Å². The molecule has 4 aromatic carbocycles. The van der Waals surface area contributed by atoms with Crippen molar-refractivity contribution in [2.45, 2.75) is 75.5 Å². The summed E-state index contributed by atoms with van der Waals surface area (Å²) in [4.78, 5) is 9.83. The topological polar surface area (TPSA) is 108 Å². The molecule has 50 heavy (non-hydrogen) atoms. The monoisotopic (exact) mass is 652 g/mol. The summed E-state index contributed by atoms with van der Waals surface area (Å²) >= 11 is 0. The molecule has 0 N–H and O–H groups in total. The summed E-state index contributed by atoms with van der Waals surface area (Å²) in [5.74, 6) is 1.98. The van der Waals surface area contributed by atoms with Gasteiger partial charge in [0.25, 0.3) is 0 Å². The third-order valence-electron chi connectivity index (χ3n) is 10.8. The lowest BCUT2D eigenvalue weighted by Crippen LogP contribution is -2.40. The van der Waals surface area contributed by atoms with Crippen molar-refractivity contribution < 1.29 is 0 Å². The van der Waals surface area contributed by atoms with Crippen molar-refractivity contribution in [2.24, 2.45) is 0 Å². The molecule has 2 aliphatic carbocycles. The Hall–Kier alpha value is -6.22. The number of nitriles is 4. The maximum Gasteiger partial charge on any atom is 0.156 e. The number of anilines is 4. The summed E-state index contributed by atoms with van der Waals surface area (Å²) in [6.07, 6.45) is 8.30. The van der Waals surface area contributed by atoms with Gasteiger partial charge in [-0.25, -0.2) is 0 Å². The molecule has 2 saturated heterocycles. The van der Waals surface area contributed by atoms with Crippen LogP contribution in [0.25, 0.3) is 0 Å². The lowest BCUT2D eigenvalue weighted by atomic mass is 9.89. The maximum absolute atomic E-state index is 10.0. The molecule has 0 radical (unpaired) electrons. The van der Waals surface area contributed by atoms with E-state index in [2.05, 4.69) is 68.1 Å². The highest BCUT2D eigenvalue weighted by atomic mass is 15.5. The Kier molecular flexibility index (Phi) is 8.08. The van der Waals surface area contributed by atoms with Gasteiger partial charge in [-0.1, -0.05) is 49.9 Å². The fourth-order valence-electron chi connectivity index (χ4n) is 8.84. The van der Waals surface area contributed by atoms with Crippen LogP contribution in [0.5, 0.6) is 0 Å². The van der Waals surface area contributed by atoms with Crippen molar-refractivity contribution in [3.05, 3.63) is 131 Å². The first-order valence-electron chi connectivity index (χ1n) is 17.6. The first-order chi connectivity index (χ1) is 24.6. The predicted molar refractivity (Wildman–Crippen MR) is 194 cm³/mol. The Morgan fingerprint density at radius 3 is 0.840 bits per heavy atom. The van der Waals surface area contributed by atoms with E-state index in [1.165, 1.54) is 0 Å². The first-order valence-corrected chi connectivity index (χ1v) is 17.6. The van der Waals surface area contributed by atoms with Crippen LogP contribution in [0.4, 0.5) is 22.7 Å². The second kappa shape index (κ2) is 13.0. The molecule has 2 heterocycles. The van der Waals surface area contributed by atoms with Crippen molar-refractivity contribution in [2.75, 3.05) is 19.6 Å². The zero-order valence-electron chi connectivity index (χ0n) is 27.8. The predicted octanol–water partition coefficient (Wildman–Crippen LogP) is 8.28. The molecule has 0 aromatic heterocycles. The average molecular weight is 653 g/mol. The van der Waals surface area contributed by atoms with E-state index >= 15 is 0 Å². The molecular formula is C42H36N8. The first kappa shape index (κ1) is 31.1. The van der Waals surface area contributed by atoms with Gasteiger partial charge in [0.1, 0.15) is 0 Å². The van der Waals surface area contributed by atoms with Gasteiger partial charge in [-0.2, -0.15) is 21.0 Å². The smallest absolute Gasteiger partial charge is 0.156 e. The summed E-state index contributed by atoms with van der Waals surface area (Å²) in [5, 5.41) is 40.1. The molecule has 8 heteroatoms. The van der Waals surface area contributed by atoms with Gasteiger partial charge >= 0.3 is 0 Å². The zero-order chi connectivity index (χ0) is 34.2. The fourth-order valence-corrected chi connectivity index (χ4v) is 8.84. The minimum Gasteiger partial charge on any atom is -0.320 e. The van der Waals surface area contributed by atoms with E-state index in [9.17, 15) is 21.0 Å². The van der Waals surface area contributed by atoms with Crippen molar-refractivity contribution in [1.82, 2.24) is 0 Å². The molecular weight excluding hydrogens is 617 g/mol. The fraction of sp³-hybridized carbons (Fsp3) is 0.286. The Balaban J connectivity index is 1.50. The zero-order valence-corrected chi connectivity index (χ0v) is 27.8. The second-order valence-electron chi connectivity index (χ2n) is 13.6. The SMILES string of the molecule is N#Cc1cccc(N2C(=C3N(c4cccc(C#N)c4)C4CCCCC4N3c3cccc(C#N)c3)N(c3cccc(C#N)c3)C3CCCCC32)c1. The molecule has 4 aromatic rings. The standard InChI is InChI=1S/C42H36N8/c43-25-29-9-5-13-33(21-29)47-37-17-1-2-18-38(37)48(34-14-6-10-30(22-34)26-44)41(47)42-49(35-15-7-11-31(23-35)27-45)39-19-3-4-20-40(39)50(42)36-16-8-12-32(24-36)28-46/h5-16,21-24,37-40H,1-4,17-20H2. The van der Waals surface area contributed by atoms with E-state index in [-0.39, 0.29) is 24.2 Å². The van der Waals surface area contributed by atoms with Gasteiger partial charge in [0.05, 0.1) is 70.7 Å². The molecule has 4 aliphatic rings. The van der Waals surface area contributed by atoms with E-state index in [1.807, 2.05) is 72.8 Å². The van der Waals surface area contributed by atoms with Crippen molar-refractivity contribution in [3.63, 3.8) is 0 Å². The van der Waals surface area contributed by atoms with Gasteiger partial charge < -0.3 is 19.6 Å². The highest BCUT2D eigenvalue weighted by Gasteiger charge is 2.53. The normalized spacial score (nSPS) is 22.6. The molecule has 0 amide bonds.